The van der Waals surface area contributed by atoms with Crippen LogP contribution in [0.15, 0.2) is 30.3 Å². The summed E-state index contributed by atoms with van der Waals surface area (Å²) in [5.41, 5.74) is 0.866. The number of benzene rings is 1. The highest BCUT2D eigenvalue weighted by atomic mass is 16.2. The van der Waals surface area contributed by atoms with Gasteiger partial charge >= 0.3 is 17.8 Å². The quantitative estimate of drug-likeness (QED) is 0.538. The van der Waals surface area contributed by atoms with Gasteiger partial charge in [-0.25, -0.2) is 9.69 Å². The summed E-state index contributed by atoms with van der Waals surface area (Å²) in [5.74, 6) is -2.88. The molecule has 0 saturated carbocycles. The summed E-state index contributed by atoms with van der Waals surface area (Å²) in [7, 11) is 0. The molecule has 1 aliphatic rings. The first-order chi connectivity index (χ1) is 12.3. The van der Waals surface area contributed by atoms with Crippen molar-refractivity contribution in [2.75, 3.05) is 13.1 Å². The number of imide groups is 2. The Morgan fingerprint density at radius 2 is 1.65 bits per heavy atom. The molecule has 5 amide bonds. The maximum atomic E-state index is 12.2. The van der Waals surface area contributed by atoms with Crippen LogP contribution in [0.4, 0.5) is 4.79 Å². The summed E-state index contributed by atoms with van der Waals surface area (Å²) in [6, 6.07) is 7.57. The van der Waals surface area contributed by atoms with E-state index >= 15 is 0 Å². The zero-order valence-electron chi connectivity index (χ0n) is 14.7. The number of ketones is 1. The molecule has 1 aliphatic heterocycles. The lowest BCUT2D eigenvalue weighted by Gasteiger charge is -2.18. The van der Waals surface area contributed by atoms with Gasteiger partial charge in [-0.1, -0.05) is 37.3 Å². The van der Waals surface area contributed by atoms with Crippen LogP contribution in [0.1, 0.15) is 25.8 Å². The van der Waals surface area contributed by atoms with E-state index in [4.69, 9.17) is 0 Å². The third-order valence-electron chi connectivity index (χ3n) is 3.99. The maximum Gasteiger partial charge on any atom is 0.334 e. The average Bonchev–Trinajstić information content (AvgIpc) is 2.80. The zero-order valence-corrected chi connectivity index (χ0v) is 14.7. The number of hydrogen-bond donors (Lipinski definition) is 1. The van der Waals surface area contributed by atoms with E-state index in [0.29, 0.717) is 17.7 Å². The first-order valence-corrected chi connectivity index (χ1v) is 8.36. The Morgan fingerprint density at radius 3 is 2.23 bits per heavy atom. The van der Waals surface area contributed by atoms with Gasteiger partial charge in [0, 0.05) is 6.54 Å². The fourth-order valence-corrected chi connectivity index (χ4v) is 2.64. The zero-order chi connectivity index (χ0) is 19.3. The average molecular weight is 359 g/mol. The summed E-state index contributed by atoms with van der Waals surface area (Å²) in [6.07, 6.45) is 0.805. The minimum atomic E-state index is -1.03. The summed E-state index contributed by atoms with van der Waals surface area (Å²) < 4.78 is 0. The van der Waals surface area contributed by atoms with Gasteiger partial charge in [-0.2, -0.15) is 0 Å². The summed E-state index contributed by atoms with van der Waals surface area (Å²) in [6.45, 7) is 2.64. The minimum absolute atomic E-state index is 0.117. The van der Waals surface area contributed by atoms with Crippen molar-refractivity contribution in [3.8, 4) is 0 Å². The van der Waals surface area contributed by atoms with E-state index in [2.05, 4.69) is 5.32 Å². The molecule has 1 saturated heterocycles. The number of urea groups is 1. The molecular weight excluding hydrogens is 338 g/mol. The van der Waals surface area contributed by atoms with Gasteiger partial charge < -0.3 is 5.32 Å². The standard InChI is InChI=1S/C18H21N3O5/c1-3-9-20-16(24)17(25)21(18(20)26)11-15(23)19-14(12(2)22)10-13-7-5-4-6-8-13/h4-8,14H,3,9-11H2,1-2H3,(H,19,23)/t14-/m0/s1. The number of amides is 5. The molecule has 1 N–H and O–H groups in total. The van der Waals surface area contributed by atoms with Gasteiger partial charge in [0.2, 0.25) is 5.91 Å². The van der Waals surface area contributed by atoms with Crippen molar-refractivity contribution in [2.45, 2.75) is 32.7 Å². The molecule has 0 unspecified atom stereocenters. The van der Waals surface area contributed by atoms with E-state index in [1.165, 1.54) is 6.92 Å². The van der Waals surface area contributed by atoms with Crippen molar-refractivity contribution in [1.82, 2.24) is 15.1 Å². The third-order valence-corrected chi connectivity index (χ3v) is 3.99. The van der Waals surface area contributed by atoms with Crippen molar-refractivity contribution in [3.63, 3.8) is 0 Å². The van der Waals surface area contributed by atoms with E-state index in [1.807, 2.05) is 30.3 Å². The lowest BCUT2D eigenvalue weighted by Crippen LogP contribution is -2.47. The number of Topliss-reactive ketones (excluding diaryl/α,β-unsaturated/α-hetero) is 1. The molecule has 1 aromatic carbocycles. The molecule has 0 bridgehead atoms. The number of carbonyl (C=O) groups excluding carboxylic acids is 5. The van der Waals surface area contributed by atoms with Crippen LogP contribution < -0.4 is 5.32 Å². The van der Waals surface area contributed by atoms with Crippen LogP contribution in [-0.4, -0.2) is 58.5 Å². The van der Waals surface area contributed by atoms with Crippen LogP contribution >= 0.6 is 0 Å². The van der Waals surface area contributed by atoms with Crippen molar-refractivity contribution in [3.05, 3.63) is 35.9 Å². The molecule has 1 atom stereocenters. The number of nitrogens with zero attached hydrogens (tertiary/aromatic N) is 2. The lowest BCUT2D eigenvalue weighted by atomic mass is 10.0. The largest absolute Gasteiger partial charge is 0.344 e. The topological polar surface area (TPSA) is 104 Å². The smallest absolute Gasteiger partial charge is 0.334 e. The fraction of sp³-hybridized carbons (Fsp3) is 0.389. The number of hydrogen-bond acceptors (Lipinski definition) is 5. The van der Waals surface area contributed by atoms with E-state index in [9.17, 15) is 24.0 Å². The van der Waals surface area contributed by atoms with Gasteiger partial charge in [0.15, 0.2) is 5.78 Å². The molecule has 0 aromatic heterocycles. The Bertz CT molecular complexity index is 732. The Hall–Kier alpha value is -3.03. The van der Waals surface area contributed by atoms with Crippen LogP contribution in [0.3, 0.4) is 0 Å². The highest BCUT2D eigenvalue weighted by Crippen LogP contribution is 2.12. The van der Waals surface area contributed by atoms with Crippen molar-refractivity contribution >= 4 is 29.5 Å². The maximum absolute atomic E-state index is 12.2. The first-order valence-electron chi connectivity index (χ1n) is 8.36. The highest BCUT2D eigenvalue weighted by molar-refractivity contribution is 6.45. The molecule has 26 heavy (non-hydrogen) atoms. The second-order valence-electron chi connectivity index (χ2n) is 6.05. The SMILES string of the molecule is CCCN1C(=O)C(=O)N(CC(=O)N[C@@H](Cc2ccccc2)C(C)=O)C1=O. The van der Waals surface area contributed by atoms with E-state index in [0.717, 1.165) is 10.5 Å². The predicted octanol–water partition coefficient (Wildman–Crippen LogP) is 0.504. The Balaban J connectivity index is 2.02. The second kappa shape index (κ2) is 8.37. The number of nitrogens with one attached hydrogen (secondary N) is 1. The molecule has 0 spiro atoms. The molecule has 2 rings (SSSR count). The molecule has 1 fully saturated rings. The van der Waals surface area contributed by atoms with Crippen molar-refractivity contribution < 1.29 is 24.0 Å². The number of carbonyl (C=O) groups is 5. The minimum Gasteiger partial charge on any atom is -0.344 e. The molecule has 0 radical (unpaired) electrons. The predicted molar refractivity (Wildman–Crippen MR) is 91.9 cm³/mol. The molecule has 1 aromatic rings. The molecule has 8 heteroatoms. The molecule has 0 aliphatic carbocycles. The molecule has 138 valence electrons. The summed E-state index contributed by atoms with van der Waals surface area (Å²) in [5, 5.41) is 2.53. The van der Waals surface area contributed by atoms with Crippen LogP contribution in [0.2, 0.25) is 0 Å². The fourth-order valence-electron chi connectivity index (χ4n) is 2.64. The summed E-state index contributed by atoms with van der Waals surface area (Å²) >= 11 is 0. The van der Waals surface area contributed by atoms with Crippen LogP contribution in [-0.2, 0) is 25.6 Å². The van der Waals surface area contributed by atoms with E-state index in [-0.39, 0.29) is 12.3 Å². The molecular formula is C18H21N3O5. The monoisotopic (exact) mass is 359 g/mol. The van der Waals surface area contributed by atoms with Crippen LogP contribution in [0.25, 0.3) is 0 Å². The molecule has 1 heterocycles. The van der Waals surface area contributed by atoms with Crippen LogP contribution in [0.5, 0.6) is 0 Å². The van der Waals surface area contributed by atoms with Gasteiger partial charge in [0.05, 0.1) is 6.04 Å². The van der Waals surface area contributed by atoms with E-state index in [1.54, 1.807) is 6.92 Å². The Morgan fingerprint density at radius 1 is 1.04 bits per heavy atom. The van der Waals surface area contributed by atoms with Gasteiger partial charge in [0.1, 0.15) is 6.54 Å². The van der Waals surface area contributed by atoms with Gasteiger partial charge in [-0.3, -0.25) is 24.1 Å². The van der Waals surface area contributed by atoms with Gasteiger partial charge in [-0.05, 0) is 25.3 Å². The van der Waals surface area contributed by atoms with Gasteiger partial charge in [-0.15, -0.1) is 0 Å². The highest BCUT2D eigenvalue weighted by Gasteiger charge is 2.44. The Labute approximate surface area is 151 Å². The molecule has 8 nitrogen and oxygen atoms in total. The third kappa shape index (κ3) is 4.33. The van der Waals surface area contributed by atoms with Crippen molar-refractivity contribution in [2.24, 2.45) is 0 Å². The second-order valence-corrected chi connectivity index (χ2v) is 6.05. The number of rotatable bonds is 8. The lowest BCUT2D eigenvalue weighted by molar-refractivity contribution is -0.144. The normalized spacial score (nSPS) is 15.4. The first kappa shape index (κ1) is 19.3. The Kier molecular flexibility index (Phi) is 6.21. The van der Waals surface area contributed by atoms with Crippen molar-refractivity contribution in [1.29, 1.82) is 0 Å². The summed E-state index contributed by atoms with van der Waals surface area (Å²) in [4.78, 5) is 61.3. The van der Waals surface area contributed by atoms with E-state index < -0.39 is 36.3 Å². The van der Waals surface area contributed by atoms with Crippen LogP contribution in [0, 0.1) is 0 Å². The van der Waals surface area contributed by atoms with Gasteiger partial charge in [0.25, 0.3) is 0 Å².